The first-order valence-electron chi connectivity index (χ1n) is 10.7. The van der Waals surface area contributed by atoms with Gasteiger partial charge in [-0.1, -0.05) is 19.9 Å². The quantitative estimate of drug-likeness (QED) is 0.666. The zero-order chi connectivity index (χ0) is 20.7. The van der Waals surface area contributed by atoms with Crippen LogP contribution in [-0.2, 0) is 5.54 Å². The van der Waals surface area contributed by atoms with E-state index in [0.29, 0.717) is 24.7 Å². The SMILES string of the molecule is CC(C)CCN1c2cccnc2-n2cccc2[C@@]12CCN(C(=O)c1ccccn1)C2. The normalized spacial score (nSPS) is 20.0. The van der Waals surface area contributed by atoms with Crippen molar-refractivity contribution in [2.24, 2.45) is 5.92 Å². The fourth-order valence-electron chi connectivity index (χ4n) is 4.87. The van der Waals surface area contributed by atoms with E-state index in [2.05, 4.69) is 52.7 Å². The highest BCUT2D eigenvalue weighted by molar-refractivity contribution is 5.92. The van der Waals surface area contributed by atoms with E-state index in [1.807, 2.05) is 29.3 Å². The third-order valence-electron chi connectivity index (χ3n) is 6.38. The van der Waals surface area contributed by atoms with E-state index in [9.17, 15) is 4.79 Å². The molecule has 6 nitrogen and oxygen atoms in total. The van der Waals surface area contributed by atoms with Gasteiger partial charge < -0.3 is 14.4 Å². The minimum absolute atomic E-state index is 0.00590. The molecule has 30 heavy (non-hydrogen) atoms. The summed E-state index contributed by atoms with van der Waals surface area (Å²) < 4.78 is 2.20. The maximum Gasteiger partial charge on any atom is 0.272 e. The number of amides is 1. The number of carbonyl (C=O) groups excluding carboxylic acids is 1. The Bertz CT molecular complexity index is 1060. The Morgan fingerprint density at radius 2 is 1.97 bits per heavy atom. The molecule has 0 aromatic carbocycles. The molecule has 3 aromatic heterocycles. The van der Waals surface area contributed by atoms with E-state index in [4.69, 9.17) is 4.98 Å². The molecule has 6 heteroatoms. The number of nitrogens with zero attached hydrogens (tertiary/aromatic N) is 5. The summed E-state index contributed by atoms with van der Waals surface area (Å²) in [5.41, 5.74) is 2.62. The third kappa shape index (κ3) is 2.90. The second kappa shape index (κ2) is 7.27. The molecule has 0 radical (unpaired) electrons. The predicted octanol–water partition coefficient (Wildman–Crippen LogP) is 3.87. The predicted molar refractivity (Wildman–Crippen MR) is 117 cm³/mol. The molecule has 154 valence electrons. The van der Waals surface area contributed by atoms with E-state index in [1.165, 1.54) is 5.69 Å². The van der Waals surface area contributed by atoms with Crippen molar-refractivity contribution >= 4 is 11.6 Å². The van der Waals surface area contributed by atoms with Crippen LogP contribution < -0.4 is 4.90 Å². The summed E-state index contributed by atoms with van der Waals surface area (Å²) in [6, 6.07) is 14.0. The maximum absolute atomic E-state index is 13.2. The van der Waals surface area contributed by atoms with Crippen LogP contribution in [0.3, 0.4) is 0 Å². The number of aromatic nitrogens is 3. The van der Waals surface area contributed by atoms with Gasteiger partial charge in [-0.25, -0.2) is 4.98 Å². The number of hydrogen-bond donors (Lipinski definition) is 0. The van der Waals surface area contributed by atoms with Crippen LogP contribution in [0, 0.1) is 5.92 Å². The van der Waals surface area contributed by atoms with Crippen LogP contribution in [0.15, 0.2) is 61.1 Å². The van der Waals surface area contributed by atoms with Crippen molar-refractivity contribution in [2.45, 2.75) is 32.2 Å². The molecule has 1 fully saturated rings. The van der Waals surface area contributed by atoms with Gasteiger partial charge in [-0.15, -0.1) is 0 Å². The van der Waals surface area contributed by atoms with Crippen LogP contribution in [-0.4, -0.2) is 45.0 Å². The van der Waals surface area contributed by atoms with Crippen LogP contribution in [0.25, 0.3) is 5.82 Å². The molecular formula is C24H27N5O. The molecule has 1 atom stereocenters. The topological polar surface area (TPSA) is 54.3 Å². The van der Waals surface area contributed by atoms with Gasteiger partial charge in [0.2, 0.25) is 0 Å². The minimum atomic E-state index is -0.251. The van der Waals surface area contributed by atoms with Gasteiger partial charge in [-0.3, -0.25) is 9.78 Å². The molecule has 1 amide bonds. The summed E-state index contributed by atoms with van der Waals surface area (Å²) in [6.07, 6.45) is 7.60. The highest BCUT2D eigenvalue weighted by Crippen LogP contribution is 2.47. The Hall–Kier alpha value is -3.15. The first-order valence-corrected chi connectivity index (χ1v) is 10.7. The zero-order valence-electron chi connectivity index (χ0n) is 17.5. The van der Waals surface area contributed by atoms with Gasteiger partial charge in [0.15, 0.2) is 5.82 Å². The minimum Gasteiger partial charge on any atom is -0.355 e. The van der Waals surface area contributed by atoms with Gasteiger partial charge in [-0.2, -0.15) is 0 Å². The Morgan fingerprint density at radius 3 is 2.77 bits per heavy atom. The smallest absolute Gasteiger partial charge is 0.272 e. The van der Waals surface area contributed by atoms with Crippen LogP contribution >= 0.6 is 0 Å². The number of pyridine rings is 2. The molecule has 5 rings (SSSR count). The molecule has 0 bridgehead atoms. The molecular weight excluding hydrogens is 374 g/mol. The Kier molecular flexibility index (Phi) is 4.57. The van der Waals surface area contributed by atoms with Crippen molar-refractivity contribution in [3.63, 3.8) is 0 Å². The lowest BCUT2D eigenvalue weighted by Gasteiger charge is -2.47. The van der Waals surface area contributed by atoms with Gasteiger partial charge in [0.05, 0.1) is 11.4 Å². The molecule has 1 spiro atoms. The molecule has 2 aliphatic heterocycles. The summed E-state index contributed by atoms with van der Waals surface area (Å²) in [6.45, 7) is 6.82. The summed E-state index contributed by atoms with van der Waals surface area (Å²) >= 11 is 0. The van der Waals surface area contributed by atoms with E-state index in [1.54, 1.807) is 12.3 Å². The largest absolute Gasteiger partial charge is 0.355 e. The fourth-order valence-corrected chi connectivity index (χ4v) is 4.87. The highest BCUT2D eigenvalue weighted by atomic mass is 16.2. The number of fused-ring (bicyclic) bond motifs is 4. The molecule has 3 aromatic rings. The van der Waals surface area contributed by atoms with Crippen molar-refractivity contribution in [1.82, 2.24) is 19.4 Å². The molecule has 0 aliphatic carbocycles. The van der Waals surface area contributed by atoms with E-state index in [-0.39, 0.29) is 11.4 Å². The van der Waals surface area contributed by atoms with Crippen LogP contribution in [0.1, 0.15) is 42.9 Å². The van der Waals surface area contributed by atoms with E-state index in [0.717, 1.165) is 30.9 Å². The van der Waals surface area contributed by atoms with Gasteiger partial charge in [0.1, 0.15) is 11.2 Å². The number of carbonyl (C=O) groups is 1. The van der Waals surface area contributed by atoms with Gasteiger partial charge >= 0.3 is 0 Å². The van der Waals surface area contributed by atoms with E-state index < -0.39 is 0 Å². The summed E-state index contributed by atoms with van der Waals surface area (Å²) in [5.74, 6) is 1.58. The fraction of sp³-hybridized carbons (Fsp3) is 0.375. The molecule has 0 N–H and O–H groups in total. The number of likely N-dealkylation sites (tertiary alicyclic amines) is 1. The van der Waals surface area contributed by atoms with E-state index >= 15 is 0 Å². The highest BCUT2D eigenvalue weighted by Gasteiger charge is 2.50. The number of anilines is 1. The monoisotopic (exact) mass is 401 g/mol. The van der Waals surface area contributed by atoms with Crippen molar-refractivity contribution in [3.8, 4) is 5.82 Å². The number of rotatable bonds is 4. The van der Waals surface area contributed by atoms with Crippen LogP contribution in [0.2, 0.25) is 0 Å². The van der Waals surface area contributed by atoms with Crippen molar-refractivity contribution in [3.05, 3.63) is 72.4 Å². The van der Waals surface area contributed by atoms with Crippen molar-refractivity contribution < 1.29 is 4.79 Å². The van der Waals surface area contributed by atoms with Crippen molar-refractivity contribution in [1.29, 1.82) is 0 Å². The third-order valence-corrected chi connectivity index (χ3v) is 6.38. The maximum atomic E-state index is 13.2. The lowest BCUT2D eigenvalue weighted by atomic mass is 9.88. The first-order chi connectivity index (χ1) is 14.6. The second-order valence-corrected chi connectivity index (χ2v) is 8.67. The second-order valence-electron chi connectivity index (χ2n) is 8.67. The lowest BCUT2D eigenvalue weighted by molar-refractivity contribution is 0.0776. The molecule has 5 heterocycles. The summed E-state index contributed by atoms with van der Waals surface area (Å²) in [7, 11) is 0. The average molecular weight is 402 g/mol. The molecule has 1 saturated heterocycles. The summed E-state index contributed by atoms with van der Waals surface area (Å²) in [4.78, 5) is 26.6. The Balaban J connectivity index is 1.56. The van der Waals surface area contributed by atoms with Crippen LogP contribution in [0.5, 0.6) is 0 Å². The standard InChI is InChI=1S/C24H27N5O/c1-18(2)10-15-29-20-8-5-13-26-22(20)28-14-6-9-21(28)24(29)11-16-27(17-24)23(30)19-7-3-4-12-25-19/h3-9,12-14,18H,10-11,15-17H2,1-2H3/t24-/m0/s1. The molecule has 2 aliphatic rings. The lowest BCUT2D eigenvalue weighted by Crippen LogP contribution is -2.53. The van der Waals surface area contributed by atoms with Gasteiger partial charge in [-0.05, 0) is 55.2 Å². The van der Waals surface area contributed by atoms with Crippen molar-refractivity contribution in [2.75, 3.05) is 24.5 Å². The molecule has 0 saturated carbocycles. The molecule has 0 unspecified atom stereocenters. The zero-order valence-corrected chi connectivity index (χ0v) is 17.5. The summed E-state index contributed by atoms with van der Waals surface area (Å²) in [5, 5.41) is 0. The van der Waals surface area contributed by atoms with Gasteiger partial charge in [0.25, 0.3) is 5.91 Å². The van der Waals surface area contributed by atoms with Crippen LogP contribution in [0.4, 0.5) is 5.69 Å². The van der Waals surface area contributed by atoms with Gasteiger partial charge in [0, 0.05) is 38.2 Å². The average Bonchev–Trinajstić information content (AvgIpc) is 3.43. The Labute approximate surface area is 177 Å². The Morgan fingerprint density at radius 1 is 1.10 bits per heavy atom. The number of hydrogen-bond acceptors (Lipinski definition) is 4. The first kappa shape index (κ1) is 18.9.